The zero-order valence-electron chi connectivity index (χ0n) is 70.2. The van der Waals surface area contributed by atoms with E-state index >= 15 is 0 Å². The number of carbonyl (C=O) groups is 4. The number of hydrogen-bond acceptors (Lipinski definition) is 17. The van der Waals surface area contributed by atoms with E-state index in [1.165, 1.54) is 6.42 Å². The fourth-order valence-corrected chi connectivity index (χ4v) is 27.4. The Morgan fingerprint density at radius 2 is 0.836 bits per heavy atom. The van der Waals surface area contributed by atoms with Crippen LogP contribution >= 0.6 is 0 Å². The molecule has 9 N–H and O–H groups in total. The molecule has 12 fully saturated rings. The molecule has 12 aliphatic rings. The SMILES string of the molecule is CC(C)(O)[C@@H]1CC[C@](C)([C@H]2[C@@H](O)C[C@@]3(C)C4C[C@H](O)[C@H]5C(C)(C)[C@@H](O)CC[C@@]56CC46CC[C@]23C)O1.CC(C)[C@H](NC(=O)OC(C)(C)C)C(=O)O[C@H]1CC2[C@]3(CC[C@]4(C)[C@@H]([C@@]5(C)CC[C@@H](C(C)(C)O)O5)[C@@H](O)C[C@@]24C)C[C@@]32CC[C@H](OC(=O)[C@@H](NC(=O)OC(C)(C)C)C(C)C)C(C)(C)[C@H]12.Oc1c(F)c(F)c(F)c(F)c1F. The Balaban J connectivity index is 0.000000210. The number of aliphatic hydroxyl groups excluding tert-OH is 4. The van der Waals surface area contributed by atoms with E-state index in [0.717, 1.165) is 89.9 Å². The van der Waals surface area contributed by atoms with Crippen molar-refractivity contribution in [2.45, 2.75) is 376 Å². The third-order valence-electron chi connectivity index (χ3n) is 32.4. The zero-order chi connectivity index (χ0) is 82.6. The van der Waals surface area contributed by atoms with E-state index in [1.54, 1.807) is 55.4 Å². The number of benzene rings is 1. The van der Waals surface area contributed by atoms with Gasteiger partial charge in [0.25, 0.3) is 0 Å². The minimum atomic E-state index is -2.29. The molecule has 626 valence electrons. The number of halogens is 5. The van der Waals surface area contributed by atoms with E-state index in [-0.39, 0.29) is 108 Å². The molecule has 2 saturated heterocycles. The smallest absolute Gasteiger partial charge is 0.408 e. The first-order chi connectivity index (χ1) is 50.0. The number of phenolic OH excluding ortho intramolecular Hbond substituents is 1. The van der Waals surface area contributed by atoms with Crippen LogP contribution in [0.25, 0.3) is 0 Å². The van der Waals surface area contributed by atoms with Gasteiger partial charge in [0.2, 0.25) is 29.1 Å². The fraction of sp³-hybridized carbons (Fsp3) is 0.884. The van der Waals surface area contributed by atoms with E-state index in [1.807, 2.05) is 41.5 Å². The van der Waals surface area contributed by atoms with E-state index in [9.17, 15) is 71.8 Å². The molecule has 2 heterocycles. The van der Waals surface area contributed by atoms with Gasteiger partial charge in [0.15, 0.2) is 5.75 Å². The predicted molar refractivity (Wildman–Crippen MR) is 401 cm³/mol. The third kappa shape index (κ3) is 13.6. The normalized spacial score (nSPS) is 43.6. The van der Waals surface area contributed by atoms with Crippen molar-refractivity contribution in [1.29, 1.82) is 0 Å². The quantitative estimate of drug-likeness (QED) is 0.0309. The third-order valence-corrected chi connectivity index (χ3v) is 32.4. The van der Waals surface area contributed by atoms with Crippen LogP contribution in [-0.4, -0.2) is 154 Å². The van der Waals surface area contributed by atoms with Gasteiger partial charge >= 0.3 is 24.1 Å². The second-order valence-corrected chi connectivity index (χ2v) is 43.3. The average Bonchev–Trinajstić information content (AvgIpc) is 1.46. The summed E-state index contributed by atoms with van der Waals surface area (Å²) in [5, 5.41) is 82.2. The Bertz CT molecular complexity index is 3590. The first-order valence-electron chi connectivity index (χ1n) is 41.2. The van der Waals surface area contributed by atoms with Gasteiger partial charge in [-0.3, -0.25) is 0 Å². The molecule has 10 saturated carbocycles. The van der Waals surface area contributed by atoms with Crippen molar-refractivity contribution in [2.75, 3.05) is 0 Å². The van der Waals surface area contributed by atoms with Gasteiger partial charge in [0, 0.05) is 23.2 Å². The number of nitrogens with one attached hydrogen (secondary N) is 2. The number of aliphatic hydroxyl groups is 6. The Kier molecular flexibility index (Phi) is 21.9. The first-order valence-corrected chi connectivity index (χ1v) is 41.2. The summed E-state index contributed by atoms with van der Waals surface area (Å²) in [6.45, 7) is 47.9. The molecule has 26 atom stereocenters. The van der Waals surface area contributed by atoms with E-state index in [2.05, 4.69) is 79.9 Å². The highest BCUT2D eigenvalue weighted by molar-refractivity contribution is 5.83. The standard InChI is InChI=1S/C50H84N2O11.C30H50O5.C6HF5O/c1-27(2)34(51-40(56)62-42(5,6)7)38(54)59-30-24-31-47(16)25-29(53)36(48(17)20-18-33(61-48)45(13,14)58)46(47,15)22-23-49(31)26-50(49)21-19-32(44(11,12)37(30)50)60-39(55)35(28(3)4)52-41(57)63-43(8,9)10;1-24(2)20(33)8-11-30-16-29(30)13-12-26(5)23(28(7)10-9-21(35-28)25(3,4)34)18(32)15-27(26,6)19(29)14-17(31)22(24)30;7-1-2(8)4(10)6(12)5(11)3(1)9/h27-37,53,58H,18-26H2,1-17H3,(H,51,56)(H,52,57);17-23,31-34H,8-16H2,1-7H3;12H/t29-,30-,31?,32-,33-,34-,35-,36-,37-,46+,47-,48+,49-,50+;17-,18-,19?,20-,21-,22-,23-,26+,27-,28+,29?,30+;/m00./s1. The van der Waals surface area contributed by atoms with Crippen molar-refractivity contribution in [3.63, 3.8) is 0 Å². The van der Waals surface area contributed by atoms with Crippen LogP contribution in [0.1, 0.15) is 282 Å². The van der Waals surface area contributed by atoms with Gasteiger partial charge in [-0.2, -0.15) is 8.78 Å². The van der Waals surface area contributed by atoms with Crippen LogP contribution in [0.3, 0.4) is 0 Å². The van der Waals surface area contributed by atoms with Crippen molar-refractivity contribution in [1.82, 2.24) is 10.6 Å². The van der Waals surface area contributed by atoms with Gasteiger partial charge in [-0.15, -0.1) is 0 Å². The number of phenols is 1. The summed E-state index contributed by atoms with van der Waals surface area (Å²) in [5.74, 6) is -14.3. The minimum Gasteiger partial charge on any atom is -0.503 e. The Morgan fingerprint density at radius 1 is 0.455 bits per heavy atom. The summed E-state index contributed by atoms with van der Waals surface area (Å²) in [6, 6.07) is -1.91. The molecule has 3 unspecified atom stereocenters. The van der Waals surface area contributed by atoms with Gasteiger partial charge in [-0.25, -0.2) is 32.3 Å². The zero-order valence-corrected chi connectivity index (χ0v) is 70.2. The maximum atomic E-state index is 14.6. The lowest BCUT2D eigenvalue weighted by Crippen LogP contribution is -2.63. The molecule has 0 aromatic heterocycles. The van der Waals surface area contributed by atoms with E-state index < -0.39 is 141 Å². The Morgan fingerprint density at radius 3 is 1.23 bits per heavy atom. The van der Waals surface area contributed by atoms with Gasteiger partial charge in [0.05, 0.1) is 59.0 Å². The molecular formula is C86H135F5N2O17. The molecular weight excluding hydrogens is 1430 g/mol. The molecule has 10 aliphatic carbocycles. The fourth-order valence-electron chi connectivity index (χ4n) is 27.4. The van der Waals surface area contributed by atoms with Crippen LogP contribution in [0, 0.1) is 131 Å². The van der Waals surface area contributed by atoms with Crippen molar-refractivity contribution in [2.24, 2.45) is 101 Å². The second-order valence-electron chi connectivity index (χ2n) is 43.3. The van der Waals surface area contributed by atoms with Gasteiger partial charge in [-0.1, -0.05) is 83.1 Å². The van der Waals surface area contributed by atoms with Crippen LogP contribution in [0.4, 0.5) is 31.5 Å². The van der Waals surface area contributed by atoms with Gasteiger partial charge in [-0.05, 0) is 277 Å². The number of hydrogen-bond donors (Lipinski definition) is 9. The molecule has 0 bridgehead atoms. The number of esters is 2. The molecule has 1 aromatic carbocycles. The van der Waals surface area contributed by atoms with Crippen molar-refractivity contribution in [3.05, 3.63) is 29.1 Å². The monoisotopic (exact) mass is 1560 g/mol. The van der Waals surface area contributed by atoms with Crippen molar-refractivity contribution < 1.29 is 105 Å². The number of carbonyl (C=O) groups excluding carboxylic acids is 4. The highest BCUT2D eigenvalue weighted by Crippen LogP contribution is 2.91. The van der Waals surface area contributed by atoms with Crippen LogP contribution in [0.15, 0.2) is 0 Å². The maximum Gasteiger partial charge on any atom is 0.408 e. The van der Waals surface area contributed by atoms with Gasteiger partial charge in [0.1, 0.15) is 35.5 Å². The lowest BCUT2D eigenvalue weighted by Gasteiger charge is -2.64. The lowest BCUT2D eigenvalue weighted by atomic mass is 9.41. The van der Waals surface area contributed by atoms with E-state index in [0.29, 0.717) is 25.2 Å². The molecule has 0 radical (unpaired) electrons. The molecule has 19 nitrogen and oxygen atoms in total. The van der Waals surface area contributed by atoms with Crippen LogP contribution in [-0.2, 0) is 38.0 Å². The minimum absolute atomic E-state index is 0.0267. The number of fused-ring (bicyclic) bond motifs is 4. The van der Waals surface area contributed by atoms with Crippen LogP contribution in [0.5, 0.6) is 5.75 Å². The summed E-state index contributed by atoms with van der Waals surface area (Å²) in [6.07, 6.45) is 10.5. The Hall–Kier alpha value is -4.17. The van der Waals surface area contributed by atoms with Crippen molar-refractivity contribution in [3.8, 4) is 5.75 Å². The first kappa shape index (κ1) is 86.7. The molecule has 13 rings (SSSR count). The summed E-state index contributed by atoms with van der Waals surface area (Å²) in [7, 11) is 0. The number of ether oxygens (including phenoxy) is 6. The lowest BCUT2D eigenvalue weighted by molar-refractivity contribution is -0.226. The number of amides is 2. The average molecular weight is 1560 g/mol. The second kappa shape index (κ2) is 27.7. The molecule has 110 heavy (non-hydrogen) atoms. The maximum absolute atomic E-state index is 14.6. The molecule has 2 amide bonds. The topological polar surface area (TPSA) is 289 Å². The summed E-state index contributed by atoms with van der Waals surface area (Å²) < 4.78 is 98.5. The molecule has 1 aromatic rings. The Labute approximate surface area is 649 Å². The number of alkyl carbamates (subject to hydrolysis) is 2. The highest BCUT2D eigenvalue weighted by Gasteiger charge is 2.87. The number of aromatic hydroxyl groups is 1. The van der Waals surface area contributed by atoms with Crippen molar-refractivity contribution >= 4 is 24.1 Å². The summed E-state index contributed by atoms with van der Waals surface area (Å²) in [5.41, 5.74) is -6.12. The molecule has 4 spiro atoms. The van der Waals surface area contributed by atoms with Gasteiger partial charge < -0.3 is 74.8 Å². The largest absolute Gasteiger partial charge is 0.503 e. The highest BCUT2D eigenvalue weighted by atomic mass is 19.2. The van der Waals surface area contributed by atoms with E-state index in [4.69, 9.17) is 33.5 Å². The predicted octanol–water partition coefficient (Wildman–Crippen LogP) is 15.2. The molecule has 2 aliphatic heterocycles. The molecule has 24 heteroatoms. The van der Waals surface area contributed by atoms with Crippen LogP contribution < -0.4 is 10.6 Å². The number of rotatable bonds is 12. The summed E-state index contributed by atoms with van der Waals surface area (Å²) in [4.78, 5) is 54.8. The van der Waals surface area contributed by atoms with Crippen LogP contribution in [0.2, 0.25) is 0 Å². The summed E-state index contributed by atoms with van der Waals surface area (Å²) >= 11 is 0.